The zero-order valence-electron chi connectivity index (χ0n) is 9.60. The second-order valence-corrected chi connectivity index (χ2v) is 3.70. The molecule has 0 aliphatic heterocycles. The molecule has 1 heterocycles. The number of hydrogen-bond donors (Lipinski definition) is 2. The normalized spacial score (nSPS) is 10.2. The van der Waals surface area contributed by atoms with Gasteiger partial charge in [-0.2, -0.15) is 5.10 Å². The molecule has 1 aromatic carbocycles. The highest BCUT2D eigenvalue weighted by Crippen LogP contribution is 2.13. The first-order chi connectivity index (χ1) is 9.08. The van der Waals surface area contributed by atoms with Gasteiger partial charge in [-0.15, -0.1) is 5.10 Å². The van der Waals surface area contributed by atoms with Gasteiger partial charge in [-0.25, -0.2) is 13.6 Å². The van der Waals surface area contributed by atoms with Crippen LogP contribution in [-0.4, -0.2) is 21.3 Å². The summed E-state index contributed by atoms with van der Waals surface area (Å²) in [5.74, 6) is -2.98. The first-order valence-corrected chi connectivity index (χ1v) is 5.30. The molecule has 0 fully saturated rings. The maximum Gasteiger partial charge on any atom is 0.339 e. The molecule has 2 N–H and O–H groups in total. The molecule has 0 aliphatic carbocycles. The number of carboxylic acids is 1. The summed E-state index contributed by atoms with van der Waals surface area (Å²) < 4.78 is 25.7. The SMILES string of the molecule is O=C(O)c1ccnnc1NCc1ccc(F)c(F)c1. The van der Waals surface area contributed by atoms with E-state index >= 15 is 0 Å². The number of nitrogens with zero attached hydrogens (tertiary/aromatic N) is 2. The molecule has 0 atom stereocenters. The monoisotopic (exact) mass is 265 g/mol. The van der Waals surface area contributed by atoms with Crippen molar-refractivity contribution in [2.24, 2.45) is 0 Å². The van der Waals surface area contributed by atoms with Gasteiger partial charge < -0.3 is 10.4 Å². The van der Waals surface area contributed by atoms with E-state index in [2.05, 4.69) is 15.5 Å². The molecule has 7 heteroatoms. The van der Waals surface area contributed by atoms with Crippen molar-refractivity contribution in [2.75, 3.05) is 5.32 Å². The Bertz CT molecular complexity index is 620. The molecule has 98 valence electrons. The summed E-state index contributed by atoms with van der Waals surface area (Å²) in [4.78, 5) is 10.9. The Hall–Kier alpha value is -2.57. The van der Waals surface area contributed by atoms with E-state index in [-0.39, 0.29) is 17.9 Å². The van der Waals surface area contributed by atoms with Gasteiger partial charge in [0.15, 0.2) is 17.5 Å². The van der Waals surface area contributed by atoms with Gasteiger partial charge in [0.05, 0.1) is 6.20 Å². The van der Waals surface area contributed by atoms with Gasteiger partial charge in [-0.05, 0) is 23.8 Å². The van der Waals surface area contributed by atoms with E-state index < -0.39 is 17.6 Å². The van der Waals surface area contributed by atoms with Gasteiger partial charge in [0.25, 0.3) is 0 Å². The Morgan fingerprint density at radius 2 is 2.05 bits per heavy atom. The van der Waals surface area contributed by atoms with Crippen molar-refractivity contribution in [3.8, 4) is 0 Å². The lowest BCUT2D eigenvalue weighted by Gasteiger charge is -2.07. The molecule has 2 aromatic rings. The van der Waals surface area contributed by atoms with Crippen molar-refractivity contribution in [3.63, 3.8) is 0 Å². The summed E-state index contributed by atoms with van der Waals surface area (Å²) in [6.45, 7) is 0.107. The first-order valence-electron chi connectivity index (χ1n) is 5.30. The predicted molar refractivity (Wildman–Crippen MR) is 62.7 cm³/mol. The van der Waals surface area contributed by atoms with Gasteiger partial charge in [0.1, 0.15) is 5.56 Å². The van der Waals surface area contributed by atoms with Gasteiger partial charge in [0.2, 0.25) is 0 Å². The fourth-order valence-electron chi connectivity index (χ4n) is 1.47. The lowest BCUT2D eigenvalue weighted by atomic mass is 10.2. The van der Waals surface area contributed by atoms with Crippen LogP contribution in [0.3, 0.4) is 0 Å². The maximum absolute atomic E-state index is 13.0. The van der Waals surface area contributed by atoms with Crippen LogP contribution in [0.15, 0.2) is 30.5 Å². The van der Waals surface area contributed by atoms with Crippen LogP contribution in [0.2, 0.25) is 0 Å². The third kappa shape index (κ3) is 3.01. The molecule has 5 nitrogen and oxygen atoms in total. The number of rotatable bonds is 4. The van der Waals surface area contributed by atoms with E-state index in [9.17, 15) is 13.6 Å². The summed E-state index contributed by atoms with van der Waals surface area (Å²) in [6, 6.07) is 4.71. The first kappa shape index (κ1) is 12.9. The lowest BCUT2D eigenvalue weighted by molar-refractivity contribution is 0.0697. The Morgan fingerprint density at radius 3 is 2.74 bits per heavy atom. The Morgan fingerprint density at radius 1 is 1.26 bits per heavy atom. The van der Waals surface area contributed by atoms with E-state index in [0.717, 1.165) is 12.1 Å². The number of benzene rings is 1. The molecule has 0 spiro atoms. The molecule has 19 heavy (non-hydrogen) atoms. The number of carbonyl (C=O) groups is 1. The van der Waals surface area contributed by atoms with Crippen LogP contribution < -0.4 is 5.32 Å². The highest BCUT2D eigenvalue weighted by atomic mass is 19.2. The summed E-state index contributed by atoms with van der Waals surface area (Å²) in [6.07, 6.45) is 1.26. The third-order valence-corrected chi connectivity index (χ3v) is 2.40. The van der Waals surface area contributed by atoms with Crippen molar-refractivity contribution in [1.82, 2.24) is 10.2 Å². The number of carboxylic acid groups (broad SMARTS) is 1. The third-order valence-electron chi connectivity index (χ3n) is 2.40. The standard InChI is InChI=1S/C12H9F2N3O2/c13-9-2-1-7(5-10(9)14)6-15-11-8(12(18)19)3-4-16-17-11/h1-5H,6H2,(H,15,17)(H,18,19). The summed E-state index contributed by atoms with van der Waals surface area (Å²) in [5.41, 5.74) is 0.415. The van der Waals surface area contributed by atoms with Gasteiger partial charge in [0, 0.05) is 6.54 Å². The smallest absolute Gasteiger partial charge is 0.339 e. The van der Waals surface area contributed by atoms with Crippen LogP contribution in [0, 0.1) is 11.6 Å². The van der Waals surface area contributed by atoms with Crippen LogP contribution in [0.4, 0.5) is 14.6 Å². The number of hydrogen-bond acceptors (Lipinski definition) is 4. The molecule has 0 amide bonds. The molecular formula is C12H9F2N3O2. The molecule has 0 saturated heterocycles. The molecule has 2 rings (SSSR count). The van der Waals surface area contributed by atoms with Gasteiger partial charge in [-0.3, -0.25) is 0 Å². The highest BCUT2D eigenvalue weighted by molar-refractivity contribution is 5.92. The molecule has 0 radical (unpaired) electrons. The summed E-state index contributed by atoms with van der Waals surface area (Å²) in [5, 5.41) is 18.8. The highest BCUT2D eigenvalue weighted by Gasteiger charge is 2.11. The maximum atomic E-state index is 13.0. The summed E-state index contributed by atoms with van der Waals surface area (Å²) in [7, 11) is 0. The quantitative estimate of drug-likeness (QED) is 0.885. The number of halogens is 2. The van der Waals surface area contributed by atoms with E-state index in [4.69, 9.17) is 5.11 Å². The van der Waals surface area contributed by atoms with Crippen LogP contribution in [0.1, 0.15) is 15.9 Å². The lowest BCUT2D eigenvalue weighted by Crippen LogP contribution is -2.09. The van der Waals surface area contributed by atoms with Crippen LogP contribution in [0.25, 0.3) is 0 Å². The van der Waals surface area contributed by atoms with E-state index in [1.165, 1.54) is 18.3 Å². The molecule has 1 aromatic heterocycles. The predicted octanol–water partition coefficient (Wildman–Crippen LogP) is 2.07. The van der Waals surface area contributed by atoms with Crippen molar-refractivity contribution in [2.45, 2.75) is 6.54 Å². The van der Waals surface area contributed by atoms with Crippen molar-refractivity contribution >= 4 is 11.8 Å². The minimum atomic E-state index is -1.15. The van der Waals surface area contributed by atoms with Crippen molar-refractivity contribution in [1.29, 1.82) is 0 Å². The Balaban J connectivity index is 2.14. The Kier molecular flexibility index (Phi) is 3.65. The zero-order chi connectivity index (χ0) is 13.8. The van der Waals surface area contributed by atoms with Crippen LogP contribution in [-0.2, 0) is 6.54 Å². The average Bonchev–Trinajstić information content (AvgIpc) is 2.40. The number of aromatic nitrogens is 2. The van der Waals surface area contributed by atoms with Gasteiger partial charge in [-0.1, -0.05) is 6.07 Å². The minimum absolute atomic E-state index is 0.0439. The van der Waals surface area contributed by atoms with Gasteiger partial charge >= 0.3 is 5.97 Å². The molecule has 0 unspecified atom stereocenters. The largest absolute Gasteiger partial charge is 0.478 e. The van der Waals surface area contributed by atoms with Crippen molar-refractivity contribution in [3.05, 3.63) is 53.2 Å². The second kappa shape index (κ2) is 5.38. The van der Waals surface area contributed by atoms with E-state index in [1.807, 2.05) is 0 Å². The fourth-order valence-corrected chi connectivity index (χ4v) is 1.47. The summed E-state index contributed by atoms with van der Waals surface area (Å²) >= 11 is 0. The number of anilines is 1. The molecule has 0 aliphatic rings. The van der Waals surface area contributed by atoms with Crippen LogP contribution in [0.5, 0.6) is 0 Å². The zero-order valence-corrected chi connectivity index (χ0v) is 9.60. The van der Waals surface area contributed by atoms with E-state index in [1.54, 1.807) is 0 Å². The Labute approximate surface area is 106 Å². The van der Waals surface area contributed by atoms with E-state index in [0.29, 0.717) is 5.56 Å². The topological polar surface area (TPSA) is 75.1 Å². The molecular weight excluding hydrogens is 256 g/mol. The average molecular weight is 265 g/mol. The second-order valence-electron chi connectivity index (χ2n) is 3.70. The molecule has 0 saturated carbocycles. The molecule has 0 bridgehead atoms. The minimum Gasteiger partial charge on any atom is -0.478 e. The van der Waals surface area contributed by atoms with Crippen molar-refractivity contribution < 1.29 is 18.7 Å². The fraction of sp³-hybridized carbons (Fsp3) is 0.0833. The van der Waals surface area contributed by atoms with Crippen LogP contribution >= 0.6 is 0 Å². The number of nitrogens with one attached hydrogen (secondary N) is 1. The number of aromatic carboxylic acids is 1.